The summed E-state index contributed by atoms with van der Waals surface area (Å²) >= 11 is 5.89. The third kappa shape index (κ3) is 3.81. The summed E-state index contributed by atoms with van der Waals surface area (Å²) in [6.45, 7) is 0.277. The fraction of sp³-hybridized carbons (Fsp3) is 0.231. The van der Waals surface area contributed by atoms with Crippen molar-refractivity contribution in [3.8, 4) is 17.4 Å². The van der Waals surface area contributed by atoms with Crippen molar-refractivity contribution >= 4 is 11.6 Å². The zero-order valence-corrected chi connectivity index (χ0v) is 11.3. The van der Waals surface area contributed by atoms with E-state index in [-0.39, 0.29) is 6.61 Å². The molecule has 2 aromatic rings. The van der Waals surface area contributed by atoms with Gasteiger partial charge in [-0.25, -0.2) is 4.98 Å². The van der Waals surface area contributed by atoms with Crippen LogP contribution in [0.1, 0.15) is 5.82 Å². The summed E-state index contributed by atoms with van der Waals surface area (Å²) in [4.78, 5) is 8.21. The van der Waals surface area contributed by atoms with Gasteiger partial charge in [0.15, 0.2) is 5.82 Å². The molecule has 0 radical (unpaired) electrons. The maximum atomic E-state index is 5.89. The molecule has 0 saturated carbocycles. The molecule has 0 aliphatic carbocycles. The van der Waals surface area contributed by atoms with E-state index in [1.165, 1.54) is 0 Å². The zero-order valence-electron chi connectivity index (χ0n) is 10.6. The van der Waals surface area contributed by atoms with Crippen LogP contribution < -0.4 is 9.47 Å². The van der Waals surface area contributed by atoms with Gasteiger partial charge < -0.3 is 14.2 Å². The van der Waals surface area contributed by atoms with E-state index >= 15 is 0 Å². The molecule has 0 saturated heterocycles. The van der Waals surface area contributed by atoms with E-state index in [1.807, 2.05) is 0 Å². The number of hydrogen-bond acceptors (Lipinski definition) is 5. The van der Waals surface area contributed by atoms with Crippen molar-refractivity contribution in [1.82, 2.24) is 9.97 Å². The van der Waals surface area contributed by atoms with Crippen LogP contribution in [0.15, 0.2) is 30.3 Å². The molecule has 100 valence electrons. The third-order valence-corrected chi connectivity index (χ3v) is 2.47. The highest BCUT2D eigenvalue weighted by atomic mass is 35.5. The van der Waals surface area contributed by atoms with E-state index in [0.29, 0.717) is 22.6 Å². The highest BCUT2D eigenvalue weighted by Gasteiger charge is 2.05. The fourth-order valence-corrected chi connectivity index (χ4v) is 1.64. The van der Waals surface area contributed by atoms with Gasteiger partial charge >= 0.3 is 0 Å². The van der Waals surface area contributed by atoms with Crippen molar-refractivity contribution in [1.29, 1.82) is 0 Å². The van der Waals surface area contributed by atoms with Gasteiger partial charge in [0.1, 0.15) is 23.3 Å². The van der Waals surface area contributed by atoms with Crippen molar-refractivity contribution in [2.45, 2.75) is 6.61 Å². The summed E-state index contributed by atoms with van der Waals surface area (Å²) in [5.74, 6) is 2.24. The van der Waals surface area contributed by atoms with Gasteiger partial charge in [0.25, 0.3) is 0 Å². The first-order chi connectivity index (χ1) is 9.21. The van der Waals surface area contributed by atoms with E-state index in [4.69, 9.17) is 25.8 Å². The van der Waals surface area contributed by atoms with E-state index in [9.17, 15) is 0 Å². The molecule has 0 atom stereocenters. The van der Waals surface area contributed by atoms with Gasteiger partial charge in [-0.05, 0) is 24.3 Å². The Balaban J connectivity index is 2.17. The standard InChI is InChI=1S/C13H13ClN2O3/c1-17-8-12-15-11(14)7-13(16-12)19-10-5-3-9(18-2)4-6-10/h3-7H,8H2,1-2H3. The minimum Gasteiger partial charge on any atom is -0.497 e. The maximum Gasteiger partial charge on any atom is 0.224 e. The summed E-state index contributed by atoms with van der Waals surface area (Å²) in [5, 5.41) is 0.311. The summed E-state index contributed by atoms with van der Waals surface area (Å²) in [5.41, 5.74) is 0. The molecule has 0 spiro atoms. The second-order valence-corrected chi connectivity index (χ2v) is 4.04. The topological polar surface area (TPSA) is 53.5 Å². The lowest BCUT2D eigenvalue weighted by atomic mass is 10.3. The fourth-order valence-electron chi connectivity index (χ4n) is 1.45. The first-order valence-corrected chi connectivity index (χ1v) is 5.93. The molecule has 0 N–H and O–H groups in total. The van der Waals surface area contributed by atoms with Crippen molar-refractivity contribution < 1.29 is 14.2 Å². The van der Waals surface area contributed by atoms with Crippen molar-refractivity contribution in [3.05, 3.63) is 41.3 Å². The van der Waals surface area contributed by atoms with Crippen LogP contribution in [0.4, 0.5) is 0 Å². The quantitative estimate of drug-likeness (QED) is 0.788. The predicted molar refractivity (Wildman–Crippen MR) is 70.8 cm³/mol. The van der Waals surface area contributed by atoms with Crippen LogP contribution in [-0.2, 0) is 11.3 Å². The van der Waals surface area contributed by atoms with Crippen molar-refractivity contribution in [2.75, 3.05) is 14.2 Å². The second-order valence-electron chi connectivity index (χ2n) is 3.66. The van der Waals surface area contributed by atoms with Gasteiger partial charge in [-0.2, -0.15) is 4.98 Å². The Hall–Kier alpha value is -1.85. The van der Waals surface area contributed by atoms with E-state index < -0.39 is 0 Å². The van der Waals surface area contributed by atoms with Crippen LogP contribution in [0.5, 0.6) is 17.4 Å². The number of nitrogens with zero attached hydrogens (tertiary/aromatic N) is 2. The number of rotatable bonds is 5. The monoisotopic (exact) mass is 280 g/mol. The molecule has 0 amide bonds. The number of halogens is 1. The molecule has 0 fully saturated rings. The number of aromatic nitrogens is 2. The molecule has 0 aliphatic heterocycles. The molecule has 0 aliphatic rings. The van der Waals surface area contributed by atoms with Crippen LogP contribution in [0.25, 0.3) is 0 Å². The maximum absolute atomic E-state index is 5.89. The smallest absolute Gasteiger partial charge is 0.224 e. The Morgan fingerprint density at radius 1 is 1.05 bits per heavy atom. The number of hydrogen-bond donors (Lipinski definition) is 0. The minimum atomic E-state index is 0.277. The summed E-state index contributed by atoms with van der Waals surface area (Å²) < 4.78 is 15.6. The zero-order chi connectivity index (χ0) is 13.7. The lowest BCUT2D eigenvalue weighted by Crippen LogP contribution is -1.99. The molecule has 0 unspecified atom stereocenters. The Morgan fingerprint density at radius 3 is 2.37 bits per heavy atom. The minimum absolute atomic E-state index is 0.277. The van der Waals surface area contributed by atoms with Crippen LogP contribution in [0.2, 0.25) is 5.15 Å². The lowest BCUT2D eigenvalue weighted by molar-refractivity contribution is 0.177. The largest absolute Gasteiger partial charge is 0.497 e. The molecule has 5 nitrogen and oxygen atoms in total. The molecule has 2 rings (SSSR count). The Labute approximate surface area is 116 Å². The molecular formula is C13H13ClN2O3. The van der Waals surface area contributed by atoms with Crippen LogP contribution in [0.3, 0.4) is 0 Å². The first kappa shape index (κ1) is 13.6. The van der Waals surface area contributed by atoms with E-state index in [2.05, 4.69) is 9.97 Å². The van der Waals surface area contributed by atoms with Gasteiger partial charge in [-0.15, -0.1) is 0 Å². The molecule has 0 bridgehead atoms. The van der Waals surface area contributed by atoms with E-state index in [0.717, 1.165) is 5.75 Å². The average Bonchev–Trinajstić information content (AvgIpc) is 2.39. The summed E-state index contributed by atoms with van der Waals surface area (Å²) in [7, 11) is 3.17. The van der Waals surface area contributed by atoms with Gasteiger partial charge in [-0.3, -0.25) is 0 Å². The SMILES string of the molecule is COCc1nc(Cl)cc(Oc2ccc(OC)cc2)n1. The molecule has 1 aromatic heterocycles. The molecular weight excluding hydrogens is 268 g/mol. The highest BCUT2D eigenvalue weighted by Crippen LogP contribution is 2.24. The normalized spacial score (nSPS) is 10.3. The summed E-state index contributed by atoms with van der Waals surface area (Å²) in [6, 6.07) is 8.71. The number of methoxy groups -OCH3 is 2. The van der Waals surface area contributed by atoms with E-state index in [1.54, 1.807) is 44.6 Å². The Bertz CT molecular complexity index is 546. The first-order valence-electron chi connectivity index (χ1n) is 5.55. The van der Waals surface area contributed by atoms with Crippen molar-refractivity contribution in [3.63, 3.8) is 0 Å². The third-order valence-electron chi connectivity index (χ3n) is 2.27. The van der Waals surface area contributed by atoms with Gasteiger partial charge in [-0.1, -0.05) is 11.6 Å². The van der Waals surface area contributed by atoms with Crippen LogP contribution >= 0.6 is 11.6 Å². The molecule has 19 heavy (non-hydrogen) atoms. The average molecular weight is 281 g/mol. The molecule has 6 heteroatoms. The Kier molecular flexibility index (Phi) is 4.54. The molecule has 1 aromatic carbocycles. The molecule has 1 heterocycles. The van der Waals surface area contributed by atoms with Crippen LogP contribution in [0, 0.1) is 0 Å². The van der Waals surface area contributed by atoms with Gasteiger partial charge in [0.2, 0.25) is 5.88 Å². The lowest BCUT2D eigenvalue weighted by Gasteiger charge is -2.07. The van der Waals surface area contributed by atoms with Gasteiger partial charge in [0, 0.05) is 13.2 Å². The number of benzene rings is 1. The highest BCUT2D eigenvalue weighted by molar-refractivity contribution is 6.29. The second kappa shape index (κ2) is 6.36. The predicted octanol–water partition coefficient (Wildman–Crippen LogP) is 3.08. The number of ether oxygens (including phenoxy) is 3. The van der Waals surface area contributed by atoms with Crippen molar-refractivity contribution in [2.24, 2.45) is 0 Å². The summed E-state index contributed by atoms with van der Waals surface area (Å²) in [6.07, 6.45) is 0. The van der Waals surface area contributed by atoms with Crippen LogP contribution in [-0.4, -0.2) is 24.2 Å². The van der Waals surface area contributed by atoms with Gasteiger partial charge in [0.05, 0.1) is 7.11 Å². The Morgan fingerprint density at radius 2 is 1.74 bits per heavy atom.